The Bertz CT molecular complexity index is 594. The minimum absolute atomic E-state index is 0.0564. The van der Waals surface area contributed by atoms with Gasteiger partial charge < -0.3 is 10.4 Å². The van der Waals surface area contributed by atoms with E-state index in [-0.39, 0.29) is 22.8 Å². The standard InChI is InChI=1S/C10H12N2O5S/c1-6(13)11-7-3-4-9(12-18(2,16)17)8(5-7)10(14)15/h3-5,12H,1-2H3,(H,11,13)(H,14,15). The number of carboxylic acids is 1. The van der Waals surface area contributed by atoms with Crippen LogP contribution in [0.4, 0.5) is 11.4 Å². The fourth-order valence-electron chi connectivity index (χ4n) is 1.29. The molecule has 3 N–H and O–H groups in total. The predicted molar refractivity (Wildman–Crippen MR) is 66.2 cm³/mol. The number of nitrogens with one attached hydrogen (secondary N) is 2. The lowest BCUT2D eigenvalue weighted by molar-refractivity contribution is -0.114. The number of carbonyl (C=O) groups excluding carboxylic acids is 1. The molecule has 18 heavy (non-hydrogen) atoms. The molecule has 0 saturated carbocycles. The fourth-order valence-corrected chi connectivity index (χ4v) is 1.87. The molecule has 0 heterocycles. The second kappa shape index (κ2) is 5.05. The van der Waals surface area contributed by atoms with Crippen LogP contribution in [0, 0.1) is 0 Å². The normalized spacial score (nSPS) is 10.8. The summed E-state index contributed by atoms with van der Waals surface area (Å²) in [5, 5.41) is 11.4. The molecule has 0 aliphatic rings. The first kappa shape index (κ1) is 14.0. The Hall–Kier alpha value is -2.09. The van der Waals surface area contributed by atoms with Crippen LogP contribution < -0.4 is 10.0 Å². The summed E-state index contributed by atoms with van der Waals surface area (Å²) in [6, 6.07) is 3.86. The molecule has 0 saturated heterocycles. The number of aromatic carboxylic acids is 1. The third-order valence-corrected chi connectivity index (χ3v) is 2.46. The van der Waals surface area contributed by atoms with Crippen molar-refractivity contribution in [1.29, 1.82) is 0 Å². The molecule has 1 aromatic rings. The van der Waals surface area contributed by atoms with Crippen molar-refractivity contribution in [1.82, 2.24) is 0 Å². The number of hydrogen-bond acceptors (Lipinski definition) is 4. The van der Waals surface area contributed by atoms with Crippen LogP contribution in [0.3, 0.4) is 0 Å². The molecule has 1 amide bonds. The maximum Gasteiger partial charge on any atom is 0.337 e. The number of amides is 1. The Morgan fingerprint density at radius 1 is 1.28 bits per heavy atom. The number of rotatable bonds is 4. The molecule has 0 fully saturated rings. The van der Waals surface area contributed by atoms with E-state index in [2.05, 4.69) is 10.0 Å². The molecule has 0 spiro atoms. The molecule has 8 heteroatoms. The zero-order chi connectivity index (χ0) is 13.9. The van der Waals surface area contributed by atoms with Gasteiger partial charge in [0.15, 0.2) is 0 Å². The van der Waals surface area contributed by atoms with Crippen LogP contribution in [-0.4, -0.2) is 31.7 Å². The van der Waals surface area contributed by atoms with Gasteiger partial charge >= 0.3 is 5.97 Å². The average Bonchev–Trinajstić information content (AvgIpc) is 2.17. The number of carbonyl (C=O) groups is 2. The monoisotopic (exact) mass is 272 g/mol. The highest BCUT2D eigenvalue weighted by molar-refractivity contribution is 7.92. The van der Waals surface area contributed by atoms with Crippen LogP contribution in [0.25, 0.3) is 0 Å². The van der Waals surface area contributed by atoms with E-state index in [1.165, 1.54) is 25.1 Å². The van der Waals surface area contributed by atoms with Gasteiger partial charge in [-0.1, -0.05) is 0 Å². The highest BCUT2D eigenvalue weighted by Crippen LogP contribution is 2.21. The Morgan fingerprint density at radius 3 is 2.33 bits per heavy atom. The Kier molecular flexibility index (Phi) is 3.92. The molecule has 98 valence electrons. The van der Waals surface area contributed by atoms with Crippen molar-refractivity contribution in [3.63, 3.8) is 0 Å². The summed E-state index contributed by atoms with van der Waals surface area (Å²) in [6.45, 7) is 1.28. The highest BCUT2D eigenvalue weighted by atomic mass is 32.2. The molecule has 0 unspecified atom stereocenters. The van der Waals surface area contributed by atoms with Crippen LogP contribution in [0.5, 0.6) is 0 Å². The van der Waals surface area contributed by atoms with Crippen LogP contribution in [0.15, 0.2) is 18.2 Å². The Labute approximate surface area is 104 Å². The summed E-state index contributed by atoms with van der Waals surface area (Å²) >= 11 is 0. The average molecular weight is 272 g/mol. The lowest BCUT2D eigenvalue weighted by atomic mass is 10.1. The van der Waals surface area contributed by atoms with Crippen LogP contribution in [0.2, 0.25) is 0 Å². The molecular weight excluding hydrogens is 260 g/mol. The molecule has 0 aliphatic heterocycles. The second-order valence-electron chi connectivity index (χ2n) is 3.62. The van der Waals surface area contributed by atoms with E-state index in [1.54, 1.807) is 0 Å². The molecule has 0 radical (unpaired) electrons. The molecule has 0 aromatic heterocycles. The van der Waals surface area contributed by atoms with Gasteiger partial charge in [-0.2, -0.15) is 0 Å². The zero-order valence-electron chi connectivity index (χ0n) is 9.72. The molecule has 1 rings (SSSR count). The summed E-state index contributed by atoms with van der Waals surface area (Å²) in [6.07, 6.45) is 0.917. The molecule has 1 aromatic carbocycles. The van der Waals surface area contributed by atoms with E-state index in [9.17, 15) is 18.0 Å². The first-order chi connectivity index (χ1) is 8.19. The van der Waals surface area contributed by atoms with Crippen LogP contribution >= 0.6 is 0 Å². The van der Waals surface area contributed by atoms with E-state index >= 15 is 0 Å². The van der Waals surface area contributed by atoms with Gasteiger partial charge in [-0.05, 0) is 18.2 Å². The highest BCUT2D eigenvalue weighted by Gasteiger charge is 2.14. The van der Waals surface area contributed by atoms with E-state index < -0.39 is 16.0 Å². The summed E-state index contributed by atoms with van der Waals surface area (Å²) < 4.78 is 24.2. The quantitative estimate of drug-likeness (QED) is 0.747. The van der Waals surface area contributed by atoms with Crippen molar-refractivity contribution < 1.29 is 23.1 Å². The largest absolute Gasteiger partial charge is 0.478 e. The molecule has 0 atom stereocenters. The van der Waals surface area contributed by atoms with Gasteiger partial charge in [-0.25, -0.2) is 13.2 Å². The van der Waals surface area contributed by atoms with Gasteiger partial charge in [-0.3, -0.25) is 9.52 Å². The van der Waals surface area contributed by atoms with E-state index in [0.717, 1.165) is 6.26 Å². The summed E-state index contributed by atoms with van der Waals surface area (Å²) in [7, 11) is -3.57. The second-order valence-corrected chi connectivity index (χ2v) is 5.37. The van der Waals surface area contributed by atoms with Gasteiger partial charge in [-0.15, -0.1) is 0 Å². The van der Waals surface area contributed by atoms with Gasteiger partial charge in [0.25, 0.3) is 0 Å². The lowest BCUT2D eigenvalue weighted by Gasteiger charge is -2.10. The maximum atomic E-state index is 11.1. The molecule has 0 bridgehead atoms. The molecule has 0 aliphatic carbocycles. The summed E-state index contributed by atoms with van der Waals surface area (Å²) in [5.41, 5.74) is -0.0234. The van der Waals surface area contributed by atoms with E-state index in [1.807, 2.05) is 0 Å². The van der Waals surface area contributed by atoms with Crippen molar-refractivity contribution in [2.75, 3.05) is 16.3 Å². The van der Waals surface area contributed by atoms with Gasteiger partial charge in [0.2, 0.25) is 15.9 Å². The number of sulfonamides is 1. The number of benzene rings is 1. The smallest absolute Gasteiger partial charge is 0.337 e. The van der Waals surface area contributed by atoms with Crippen LogP contribution in [0.1, 0.15) is 17.3 Å². The van der Waals surface area contributed by atoms with Gasteiger partial charge in [0, 0.05) is 12.6 Å². The fraction of sp³-hybridized carbons (Fsp3) is 0.200. The SMILES string of the molecule is CC(=O)Nc1ccc(NS(C)(=O)=O)c(C(=O)O)c1. The van der Waals surface area contributed by atoms with Crippen molar-refractivity contribution in [2.45, 2.75) is 6.92 Å². The minimum Gasteiger partial charge on any atom is -0.478 e. The minimum atomic E-state index is -3.57. The van der Waals surface area contributed by atoms with Gasteiger partial charge in [0.05, 0.1) is 17.5 Å². The third kappa shape index (κ3) is 4.06. The van der Waals surface area contributed by atoms with Crippen LogP contribution in [-0.2, 0) is 14.8 Å². The van der Waals surface area contributed by atoms with E-state index in [0.29, 0.717) is 0 Å². The lowest BCUT2D eigenvalue weighted by Crippen LogP contribution is -2.14. The molecule has 7 nitrogen and oxygen atoms in total. The number of anilines is 2. The third-order valence-electron chi connectivity index (χ3n) is 1.87. The van der Waals surface area contributed by atoms with E-state index in [4.69, 9.17) is 5.11 Å². The Morgan fingerprint density at radius 2 is 1.89 bits per heavy atom. The number of hydrogen-bond donors (Lipinski definition) is 3. The first-order valence-corrected chi connectivity index (χ1v) is 6.71. The van der Waals surface area contributed by atoms with Crippen molar-refractivity contribution in [2.24, 2.45) is 0 Å². The van der Waals surface area contributed by atoms with Crippen molar-refractivity contribution >= 4 is 33.3 Å². The molecular formula is C10H12N2O5S. The zero-order valence-corrected chi connectivity index (χ0v) is 10.5. The maximum absolute atomic E-state index is 11.1. The number of carboxylic acid groups (broad SMARTS) is 1. The first-order valence-electron chi connectivity index (χ1n) is 4.82. The predicted octanol–water partition coefficient (Wildman–Crippen LogP) is 0.715. The van der Waals surface area contributed by atoms with Crippen molar-refractivity contribution in [3.05, 3.63) is 23.8 Å². The van der Waals surface area contributed by atoms with Gasteiger partial charge in [0.1, 0.15) is 0 Å². The van der Waals surface area contributed by atoms with Crippen molar-refractivity contribution in [3.8, 4) is 0 Å². The summed E-state index contributed by atoms with van der Waals surface area (Å²) in [4.78, 5) is 21.8. The summed E-state index contributed by atoms with van der Waals surface area (Å²) in [5.74, 6) is -1.65. The Balaban J connectivity index is 3.20. The topological polar surface area (TPSA) is 113 Å².